The molecule has 2 amide bonds. The second-order valence-electron chi connectivity index (χ2n) is 9.33. The Kier molecular flexibility index (Phi) is 8.26. The average Bonchev–Trinajstić information content (AvgIpc) is 3.33. The van der Waals surface area contributed by atoms with Gasteiger partial charge in [0.2, 0.25) is 11.8 Å². The van der Waals surface area contributed by atoms with Crippen molar-refractivity contribution in [1.29, 1.82) is 0 Å². The lowest BCUT2D eigenvalue weighted by molar-refractivity contribution is -0.151. The number of aliphatic carboxylic acids is 2. The molecule has 4 unspecified atom stereocenters. The Morgan fingerprint density at radius 1 is 0.733 bits per heavy atom. The predicted octanol–water partition coefficient (Wildman–Crippen LogP) is 2.46. The van der Waals surface area contributed by atoms with Crippen molar-refractivity contribution < 1.29 is 29.4 Å². The van der Waals surface area contributed by atoms with Crippen molar-refractivity contribution >= 4 is 23.8 Å². The fourth-order valence-electron chi connectivity index (χ4n) is 4.84. The van der Waals surface area contributed by atoms with Crippen LogP contribution in [0.5, 0.6) is 0 Å². The molecule has 2 rings (SSSR count). The highest BCUT2D eigenvalue weighted by molar-refractivity contribution is 5.87. The first-order chi connectivity index (χ1) is 14.1. The maximum absolute atomic E-state index is 13.1. The molecule has 2 aliphatic rings. The van der Waals surface area contributed by atoms with E-state index in [1.807, 2.05) is 27.7 Å². The predicted molar refractivity (Wildman–Crippen MR) is 111 cm³/mol. The van der Waals surface area contributed by atoms with Gasteiger partial charge in [-0.2, -0.15) is 0 Å². The molecule has 170 valence electrons. The lowest BCUT2D eigenvalue weighted by atomic mass is 9.82. The summed E-state index contributed by atoms with van der Waals surface area (Å²) in [7, 11) is 0. The summed E-state index contributed by atoms with van der Waals surface area (Å²) < 4.78 is 0. The largest absolute Gasteiger partial charge is 0.480 e. The summed E-state index contributed by atoms with van der Waals surface area (Å²) in [5, 5.41) is 18.8. The lowest BCUT2D eigenvalue weighted by Gasteiger charge is -2.32. The first-order valence-corrected chi connectivity index (χ1v) is 11.1. The van der Waals surface area contributed by atoms with E-state index in [9.17, 15) is 29.4 Å². The van der Waals surface area contributed by atoms with Crippen LogP contribution >= 0.6 is 0 Å². The van der Waals surface area contributed by atoms with E-state index in [0.29, 0.717) is 51.6 Å². The number of rotatable bonds is 9. The quantitative estimate of drug-likeness (QED) is 0.587. The number of likely N-dealkylation sites (tertiary alicyclic amines) is 2. The number of hydrogen-bond acceptors (Lipinski definition) is 4. The fraction of sp³-hybridized carbons (Fsp3) is 0.818. The van der Waals surface area contributed by atoms with Crippen LogP contribution in [0.25, 0.3) is 0 Å². The maximum atomic E-state index is 13.1. The van der Waals surface area contributed by atoms with Crippen LogP contribution in [0.3, 0.4) is 0 Å². The second kappa shape index (κ2) is 10.3. The summed E-state index contributed by atoms with van der Waals surface area (Å²) in [6.45, 7) is 8.70. The van der Waals surface area contributed by atoms with Crippen molar-refractivity contribution in [3.63, 3.8) is 0 Å². The third kappa shape index (κ3) is 5.32. The van der Waals surface area contributed by atoms with Crippen LogP contribution in [-0.4, -0.2) is 68.9 Å². The van der Waals surface area contributed by atoms with Crippen molar-refractivity contribution in [2.24, 2.45) is 23.7 Å². The van der Waals surface area contributed by atoms with Gasteiger partial charge in [-0.3, -0.25) is 9.59 Å². The number of nitrogens with zero attached hydrogens (tertiary/aromatic N) is 2. The molecular weight excluding hydrogens is 388 g/mol. The Labute approximate surface area is 178 Å². The van der Waals surface area contributed by atoms with E-state index in [4.69, 9.17) is 0 Å². The Morgan fingerprint density at radius 3 is 1.33 bits per heavy atom. The van der Waals surface area contributed by atoms with Gasteiger partial charge >= 0.3 is 11.9 Å². The minimum Gasteiger partial charge on any atom is -0.480 e. The van der Waals surface area contributed by atoms with Gasteiger partial charge in [-0.1, -0.05) is 27.7 Å². The molecule has 0 aromatic heterocycles. The van der Waals surface area contributed by atoms with Gasteiger partial charge in [-0.25, -0.2) is 9.59 Å². The highest BCUT2D eigenvalue weighted by Crippen LogP contribution is 2.31. The van der Waals surface area contributed by atoms with E-state index >= 15 is 0 Å². The van der Waals surface area contributed by atoms with E-state index in [1.54, 1.807) is 0 Å². The zero-order valence-corrected chi connectivity index (χ0v) is 18.5. The Bertz CT molecular complexity index is 606. The van der Waals surface area contributed by atoms with Gasteiger partial charge in [0.15, 0.2) is 0 Å². The summed E-state index contributed by atoms with van der Waals surface area (Å²) >= 11 is 0. The first-order valence-electron chi connectivity index (χ1n) is 11.1. The third-order valence-electron chi connectivity index (χ3n) is 6.67. The van der Waals surface area contributed by atoms with E-state index < -0.39 is 24.0 Å². The zero-order chi connectivity index (χ0) is 22.6. The Morgan fingerprint density at radius 2 is 1.07 bits per heavy atom. The molecule has 2 fully saturated rings. The van der Waals surface area contributed by atoms with E-state index in [2.05, 4.69) is 0 Å². The molecule has 2 N–H and O–H groups in total. The first kappa shape index (κ1) is 24.2. The smallest absolute Gasteiger partial charge is 0.326 e. The van der Waals surface area contributed by atoms with Gasteiger partial charge in [0.05, 0.1) is 0 Å². The van der Waals surface area contributed by atoms with Crippen molar-refractivity contribution in [3.05, 3.63) is 0 Å². The van der Waals surface area contributed by atoms with Gasteiger partial charge < -0.3 is 20.0 Å². The van der Waals surface area contributed by atoms with Crippen LogP contribution in [0.1, 0.15) is 66.2 Å². The molecule has 2 saturated heterocycles. The van der Waals surface area contributed by atoms with Crippen LogP contribution in [0.15, 0.2) is 0 Å². The molecular formula is C22H36N2O6. The zero-order valence-electron chi connectivity index (χ0n) is 18.5. The maximum Gasteiger partial charge on any atom is 0.326 e. The molecule has 0 bridgehead atoms. The molecule has 4 atom stereocenters. The van der Waals surface area contributed by atoms with Gasteiger partial charge in [0.25, 0.3) is 0 Å². The number of hydrogen-bond donors (Lipinski definition) is 2. The minimum atomic E-state index is -0.965. The van der Waals surface area contributed by atoms with Crippen molar-refractivity contribution in [2.45, 2.75) is 78.3 Å². The molecule has 8 heteroatoms. The molecule has 0 saturated carbocycles. The number of carbonyl (C=O) groups excluding carboxylic acids is 2. The summed E-state index contributed by atoms with van der Waals surface area (Å²) in [5.74, 6) is -2.88. The van der Waals surface area contributed by atoms with Gasteiger partial charge in [-0.05, 0) is 50.4 Å². The molecule has 0 aliphatic carbocycles. The summed E-state index contributed by atoms with van der Waals surface area (Å²) in [4.78, 5) is 52.2. The van der Waals surface area contributed by atoms with Gasteiger partial charge in [0, 0.05) is 24.9 Å². The SMILES string of the molecule is CC(C)C(CCC(C(=O)N1CCCC1C(=O)O)C(C)C)C(=O)N1CCCC1C(=O)O. The summed E-state index contributed by atoms with van der Waals surface area (Å²) in [6, 6.07) is -1.52. The number of carboxylic acid groups (broad SMARTS) is 2. The molecule has 0 aromatic carbocycles. The Balaban J connectivity index is 2.10. The lowest BCUT2D eigenvalue weighted by Crippen LogP contribution is -2.46. The van der Waals surface area contributed by atoms with Crippen molar-refractivity contribution in [2.75, 3.05) is 13.1 Å². The average molecular weight is 425 g/mol. The molecule has 30 heavy (non-hydrogen) atoms. The second-order valence-corrected chi connectivity index (χ2v) is 9.33. The number of amides is 2. The topological polar surface area (TPSA) is 115 Å². The molecule has 2 aliphatic heterocycles. The monoisotopic (exact) mass is 424 g/mol. The van der Waals surface area contributed by atoms with Gasteiger partial charge in [-0.15, -0.1) is 0 Å². The van der Waals surface area contributed by atoms with E-state index in [0.717, 1.165) is 0 Å². The highest BCUT2D eigenvalue weighted by Gasteiger charge is 2.40. The highest BCUT2D eigenvalue weighted by atomic mass is 16.4. The third-order valence-corrected chi connectivity index (χ3v) is 6.67. The molecule has 0 spiro atoms. The van der Waals surface area contributed by atoms with Crippen molar-refractivity contribution in [1.82, 2.24) is 9.80 Å². The standard InChI is InChI=1S/C22H36N2O6/c1-13(2)15(19(25)23-11-5-7-17(23)21(27)28)9-10-16(14(3)4)20(26)24-12-6-8-18(24)22(29)30/h13-18H,5-12H2,1-4H3,(H,27,28)(H,29,30). The number of carbonyl (C=O) groups is 4. The van der Waals surface area contributed by atoms with Crippen LogP contribution in [0.4, 0.5) is 0 Å². The van der Waals surface area contributed by atoms with E-state index in [-0.39, 0.29) is 35.5 Å². The summed E-state index contributed by atoms with van der Waals surface area (Å²) in [5.41, 5.74) is 0. The van der Waals surface area contributed by atoms with Crippen LogP contribution in [-0.2, 0) is 19.2 Å². The normalized spacial score (nSPS) is 23.8. The Hall–Kier alpha value is -2.12. The fourth-order valence-corrected chi connectivity index (χ4v) is 4.84. The molecule has 0 radical (unpaired) electrons. The van der Waals surface area contributed by atoms with E-state index in [1.165, 1.54) is 9.80 Å². The van der Waals surface area contributed by atoms with Crippen LogP contribution < -0.4 is 0 Å². The molecule has 0 aromatic rings. The minimum absolute atomic E-state index is 0.0222. The van der Waals surface area contributed by atoms with Crippen LogP contribution in [0, 0.1) is 23.7 Å². The molecule has 2 heterocycles. The summed E-state index contributed by atoms with van der Waals surface area (Å²) in [6.07, 6.45) is 3.30. The number of carboxylic acids is 2. The molecule has 8 nitrogen and oxygen atoms in total. The van der Waals surface area contributed by atoms with Gasteiger partial charge in [0.1, 0.15) is 12.1 Å². The van der Waals surface area contributed by atoms with Crippen molar-refractivity contribution in [3.8, 4) is 0 Å². The van der Waals surface area contributed by atoms with Crippen LogP contribution in [0.2, 0.25) is 0 Å².